The molecule has 0 saturated heterocycles. The van der Waals surface area contributed by atoms with Crippen LogP contribution in [0.2, 0.25) is 0 Å². The van der Waals surface area contributed by atoms with E-state index in [4.69, 9.17) is 10.5 Å². The van der Waals surface area contributed by atoms with Gasteiger partial charge in [-0.3, -0.25) is 4.79 Å². The summed E-state index contributed by atoms with van der Waals surface area (Å²) in [5.41, 5.74) is 9.22. The van der Waals surface area contributed by atoms with Crippen molar-refractivity contribution in [2.75, 3.05) is 0 Å². The number of carbonyl (C=O) groups is 2. The summed E-state index contributed by atoms with van der Waals surface area (Å²) in [6.45, 7) is 10.3. The number of aliphatic carboxylic acids is 1. The number of hydrogen-bond acceptors (Lipinski definition) is 6. The van der Waals surface area contributed by atoms with Gasteiger partial charge >= 0.3 is 11.9 Å². The number of rotatable bonds is 3. The first-order valence-electron chi connectivity index (χ1n) is 17.2. The number of carboxylic acids is 1. The summed E-state index contributed by atoms with van der Waals surface area (Å²) in [6, 6.07) is 0. The number of nitrogens with two attached hydrogens (primary N) is 1. The Morgan fingerprint density at radius 1 is 0.907 bits per heavy atom. The van der Waals surface area contributed by atoms with Crippen LogP contribution in [0.4, 0.5) is 0 Å². The van der Waals surface area contributed by atoms with E-state index in [2.05, 4.69) is 27.7 Å². The highest BCUT2D eigenvalue weighted by Crippen LogP contribution is 2.75. The fourth-order valence-electron chi connectivity index (χ4n) is 12.4. The quantitative estimate of drug-likeness (QED) is 0.177. The van der Waals surface area contributed by atoms with E-state index < -0.39 is 40.5 Å². The summed E-state index contributed by atoms with van der Waals surface area (Å²) in [6.07, 6.45) is 10.5. The normalized spacial score (nSPS) is 49.2. The zero-order valence-electron chi connectivity index (χ0n) is 27.1. The summed E-state index contributed by atoms with van der Waals surface area (Å²) >= 11 is 0. The molecule has 6 saturated carbocycles. The Labute approximate surface area is 257 Å². The minimum atomic E-state index is -1.12. The number of fused-ring (bicyclic) bond motifs is 5. The van der Waals surface area contributed by atoms with Crippen LogP contribution in [0.1, 0.15) is 125 Å². The van der Waals surface area contributed by atoms with Gasteiger partial charge < -0.3 is 25.8 Å². The lowest BCUT2D eigenvalue weighted by molar-refractivity contribution is -0.238. The maximum absolute atomic E-state index is 13.4. The topological polar surface area (TPSA) is 130 Å². The van der Waals surface area contributed by atoms with Crippen molar-refractivity contribution in [3.8, 4) is 0 Å². The van der Waals surface area contributed by atoms with Crippen LogP contribution in [0, 0.1) is 39.9 Å². The molecule has 6 aliphatic rings. The molecule has 0 aliphatic heterocycles. The van der Waals surface area contributed by atoms with E-state index in [1.165, 1.54) is 30.9 Å². The summed E-state index contributed by atoms with van der Waals surface area (Å²) in [5.74, 6) is -1.15. The van der Waals surface area contributed by atoms with Gasteiger partial charge in [0.2, 0.25) is 0 Å². The molecule has 0 amide bonds. The molecule has 6 rings (SSSR count). The summed E-state index contributed by atoms with van der Waals surface area (Å²) in [5, 5.41) is 33.9. The molecular weight excluding hydrogens is 542 g/mol. The number of allylic oxidation sites excluding steroid dienone is 2. The molecule has 240 valence electrons. The SMILES string of the molecule is CC(=O)O[C@H]1C[C@@]2(C)[C@@](N)(C[C@@H](O)[C@H]3[C@@]4(C)CC[C@@H](O)[C@@H](C)[C@@H]4CC[C@@]32C)/C1=C(/C(=O)O)C1CCCC(=C2CCCC2)C1. The monoisotopic (exact) mass is 597 g/mol. The first-order chi connectivity index (χ1) is 20.2. The van der Waals surface area contributed by atoms with Crippen LogP contribution in [0.3, 0.4) is 0 Å². The number of aliphatic hydroxyl groups is 2. The molecule has 43 heavy (non-hydrogen) atoms. The molecule has 11 atom stereocenters. The Kier molecular flexibility index (Phi) is 7.78. The average molecular weight is 598 g/mol. The van der Waals surface area contributed by atoms with Crippen LogP contribution in [-0.4, -0.2) is 51.1 Å². The minimum Gasteiger partial charge on any atom is -0.478 e. The van der Waals surface area contributed by atoms with Crippen LogP contribution in [0.15, 0.2) is 22.3 Å². The maximum atomic E-state index is 13.4. The predicted octanol–water partition coefficient (Wildman–Crippen LogP) is 6.06. The van der Waals surface area contributed by atoms with Crippen LogP contribution >= 0.6 is 0 Å². The van der Waals surface area contributed by atoms with Gasteiger partial charge in [0.05, 0.1) is 12.2 Å². The lowest BCUT2D eigenvalue weighted by Crippen LogP contribution is -2.72. The molecule has 0 spiro atoms. The number of hydrogen-bond donors (Lipinski definition) is 4. The average Bonchev–Trinajstić information content (AvgIpc) is 3.53. The van der Waals surface area contributed by atoms with Gasteiger partial charge in [-0.15, -0.1) is 0 Å². The molecule has 1 unspecified atom stereocenters. The van der Waals surface area contributed by atoms with E-state index in [1.54, 1.807) is 0 Å². The van der Waals surface area contributed by atoms with Gasteiger partial charge in [0.15, 0.2) is 0 Å². The van der Waals surface area contributed by atoms with E-state index in [1.807, 2.05) is 0 Å². The molecule has 0 aromatic heterocycles. The first kappa shape index (κ1) is 31.3. The van der Waals surface area contributed by atoms with Gasteiger partial charge in [0.1, 0.15) is 6.10 Å². The highest BCUT2D eigenvalue weighted by molar-refractivity contribution is 5.89. The molecule has 5 N–H and O–H groups in total. The van der Waals surface area contributed by atoms with Crippen molar-refractivity contribution in [2.24, 2.45) is 45.7 Å². The third-order valence-electron chi connectivity index (χ3n) is 14.5. The highest BCUT2D eigenvalue weighted by atomic mass is 16.5. The van der Waals surface area contributed by atoms with Gasteiger partial charge in [-0.1, -0.05) is 38.8 Å². The van der Waals surface area contributed by atoms with Crippen molar-refractivity contribution in [3.05, 3.63) is 22.3 Å². The highest BCUT2D eigenvalue weighted by Gasteiger charge is 2.75. The molecule has 7 nitrogen and oxygen atoms in total. The molecule has 6 fully saturated rings. The predicted molar refractivity (Wildman–Crippen MR) is 165 cm³/mol. The minimum absolute atomic E-state index is 0.0469. The van der Waals surface area contributed by atoms with Crippen molar-refractivity contribution < 1.29 is 29.6 Å². The van der Waals surface area contributed by atoms with Crippen LogP contribution in [-0.2, 0) is 14.3 Å². The Morgan fingerprint density at radius 2 is 1.58 bits per heavy atom. The second-order valence-electron chi connectivity index (χ2n) is 16.2. The summed E-state index contributed by atoms with van der Waals surface area (Å²) in [7, 11) is 0. The first-order valence-corrected chi connectivity index (χ1v) is 17.2. The number of aliphatic hydroxyl groups excluding tert-OH is 2. The summed E-state index contributed by atoms with van der Waals surface area (Å²) < 4.78 is 6.05. The molecule has 0 heterocycles. The number of esters is 1. The van der Waals surface area contributed by atoms with Gasteiger partial charge in [-0.05, 0) is 130 Å². The van der Waals surface area contributed by atoms with Crippen molar-refractivity contribution >= 4 is 11.9 Å². The largest absolute Gasteiger partial charge is 0.478 e. The van der Waals surface area contributed by atoms with E-state index in [0.717, 1.165) is 64.2 Å². The molecule has 7 heteroatoms. The third kappa shape index (κ3) is 4.45. The molecule has 6 aliphatic carbocycles. The number of carboxylic acid groups (broad SMARTS) is 1. The molecular formula is C36H55NO6. The van der Waals surface area contributed by atoms with Gasteiger partial charge in [0.25, 0.3) is 0 Å². The van der Waals surface area contributed by atoms with Crippen molar-refractivity contribution in [1.82, 2.24) is 0 Å². The van der Waals surface area contributed by atoms with E-state index in [9.17, 15) is 24.9 Å². The molecule has 0 aromatic carbocycles. The zero-order chi connectivity index (χ0) is 31.1. The second-order valence-corrected chi connectivity index (χ2v) is 16.2. The fraction of sp³-hybridized carbons (Fsp3) is 0.833. The Hall–Kier alpha value is -1.70. The van der Waals surface area contributed by atoms with E-state index in [-0.39, 0.29) is 35.7 Å². The van der Waals surface area contributed by atoms with Crippen LogP contribution in [0.5, 0.6) is 0 Å². The standard InChI is InChI=1S/C36H55NO6/c1-20-25-13-16-34(4)31(33(25,3)15-14-26(20)39)27(40)18-36(37)30(28(43-21(2)38)19-35(34,36)5)29(32(41)42)24-12-8-11-23(17-24)22-9-6-7-10-22/h20,24-28,31,39-40H,6-19,37H2,1-5H3,(H,41,42)/b30-29+/t20-,24?,25-,26+,27+,28-,31-,33-,34-,35+,36+/m0/s1. The molecule has 0 bridgehead atoms. The third-order valence-corrected chi connectivity index (χ3v) is 14.5. The lowest BCUT2D eigenvalue weighted by Gasteiger charge is -2.70. The van der Waals surface area contributed by atoms with Crippen molar-refractivity contribution in [3.63, 3.8) is 0 Å². The molecule has 0 aromatic rings. The van der Waals surface area contributed by atoms with Crippen LogP contribution < -0.4 is 5.73 Å². The lowest BCUT2D eigenvalue weighted by atomic mass is 9.35. The Morgan fingerprint density at radius 3 is 2.23 bits per heavy atom. The number of ether oxygens (including phenoxy) is 1. The number of carbonyl (C=O) groups excluding carboxylic acids is 1. The smallest absolute Gasteiger partial charge is 0.332 e. The van der Waals surface area contributed by atoms with Crippen LogP contribution in [0.25, 0.3) is 0 Å². The van der Waals surface area contributed by atoms with Gasteiger partial charge in [0, 0.05) is 23.6 Å². The second kappa shape index (κ2) is 10.7. The van der Waals surface area contributed by atoms with E-state index in [0.29, 0.717) is 23.5 Å². The Balaban J connectivity index is 1.49. The van der Waals surface area contributed by atoms with Gasteiger partial charge in [-0.25, -0.2) is 4.79 Å². The zero-order valence-corrected chi connectivity index (χ0v) is 27.1. The van der Waals surface area contributed by atoms with Crippen molar-refractivity contribution in [2.45, 2.75) is 148 Å². The molecule has 0 radical (unpaired) electrons. The van der Waals surface area contributed by atoms with Gasteiger partial charge in [-0.2, -0.15) is 0 Å². The Bertz CT molecular complexity index is 1230. The maximum Gasteiger partial charge on any atom is 0.332 e. The summed E-state index contributed by atoms with van der Waals surface area (Å²) in [4.78, 5) is 25.9. The van der Waals surface area contributed by atoms with Crippen molar-refractivity contribution in [1.29, 1.82) is 0 Å². The fourth-order valence-corrected chi connectivity index (χ4v) is 12.4. The van der Waals surface area contributed by atoms with E-state index >= 15 is 0 Å².